The van der Waals surface area contributed by atoms with E-state index in [1.54, 1.807) is 13.0 Å². The summed E-state index contributed by atoms with van der Waals surface area (Å²) in [5, 5.41) is 8.91. The van der Waals surface area contributed by atoms with E-state index < -0.39 is 17.7 Å². The van der Waals surface area contributed by atoms with Crippen molar-refractivity contribution in [3.8, 4) is 5.75 Å². The first-order valence-corrected chi connectivity index (χ1v) is 4.67. The second kappa shape index (κ2) is 4.77. The van der Waals surface area contributed by atoms with Gasteiger partial charge in [0, 0.05) is 5.56 Å². The minimum Gasteiger partial charge on any atom is -0.494 e. The Labute approximate surface area is 87.5 Å². The van der Waals surface area contributed by atoms with Crippen molar-refractivity contribution in [2.75, 3.05) is 7.11 Å². The fraction of sp³-hybridized carbons (Fsp3) is 0.364. The Morgan fingerprint density at radius 3 is 2.73 bits per heavy atom. The van der Waals surface area contributed by atoms with E-state index in [1.807, 2.05) is 0 Å². The first-order chi connectivity index (χ1) is 7.11. The molecule has 0 amide bonds. The first kappa shape index (κ1) is 11.5. The van der Waals surface area contributed by atoms with Gasteiger partial charge in [-0.15, -0.1) is 0 Å². The fourth-order valence-electron chi connectivity index (χ4n) is 1.48. The highest BCUT2D eigenvalue weighted by atomic mass is 19.1. The van der Waals surface area contributed by atoms with E-state index in [0.29, 0.717) is 6.42 Å². The Kier molecular flexibility index (Phi) is 3.66. The number of benzene rings is 1. The zero-order chi connectivity index (χ0) is 11.4. The molecule has 0 spiro atoms. The molecule has 0 aliphatic heterocycles. The van der Waals surface area contributed by atoms with Gasteiger partial charge in [-0.1, -0.05) is 19.1 Å². The van der Waals surface area contributed by atoms with Gasteiger partial charge in [-0.3, -0.25) is 4.79 Å². The van der Waals surface area contributed by atoms with Crippen LogP contribution in [0.15, 0.2) is 18.2 Å². The number of hydrogen-bond donors (Lipinski definition) is 1. The van der Waals surface area contributed by atoms with Crippen molar-refractivity contribution in [2.24, 2.45) is 0 Å². The predicted octanol–water partition coefficient (Wildman–Crippen LogP) is 2.41. The Balaban J connectivity index is 3.18. The molecule has 82 valence electrons. The number of carbonyl (C=O) groups is 1. The van der Waals surface area contributed by atoms with Gasteiger partial charge in [-0.05, 0) is 12.5 Å². The summed E-state index contributed by atoms with van der Waals surface area (Å²) in [5.74, 6) is -2.36. The summed E-state index contributed by atoms with van der Waals surface area (Å²) in [6, 6.07) is 4.52. The maximum absolute atomic E-state index is 13.7. The molecule has 0 aromatic heterocycles. The number of hydrogen-bond acceptors (Lipinski definition) is 2. The molecule has 1 atom stereocenters. The van der Waals surface area contributed by atoms with Gasteiger partial charge in [-0.25, -0.2) is 4.39 Å². The van der Waals surface area contributed by atoms with Crippen LogP contribution < -0.4 is 4.74 Å². The summed E-state index contributed by atoms with van der Waals surface area (Å²) in [6.45, 7) is 1.71. The first-order valence-electron chi connectivity index (χ1n) is 4.67. The van der Waals surface area contributed by atoms with Crippen LogP contribution in [0.2, 0.25) is 0 Å². The minimum atomic E-state index is -1.02. The molecule has 1 rings (SSSR count). The number of carboxylic acid groups (broad SMARTS) is 1. The average Bonchev–Trinajstić information content (AvgIpc) is 2.21. The predicted molar refractivity (Wildman–Crippen MR) is 53.6 cm³/mol. The van der Waals surface area contributed by atoms with Gasteiger partial charge in [0.2, 0.25) is 0 Å². The maximum atomic E-state index is 13.7. The Morgan fingerprint density at radius 2 is 2.27 bits per heavy atom. The summed E-state index contributed by atoms with van der Waals surface area (Å²) < 4.78 is 18.5. The lowest BCUT2D eigenvalue weighted by atomic mass is 9.96. The van der Waals surface area contributed by atoms with Crippen LogP contribution in [0.25, 0.3) is 0 Å². The van der Waals surface area contributed by atoms with Gasteiger partial charge in [0.25, 0.3) is 0 Å². The molecule has 15 heavy (non-hydrogen) atoms. The molecule has 0 radical (unpaired) electrons. The second-order valence-electron chi connectivity index (χ2n) is 3.16. The lowest BCUT2D eigenvalue weighted by Crippen LogP contribution is -2.12. The van der Waals surface area contributed by atoms with Crippen molar-refractivity contribution < 1.29 is 19.0 Å². The van der Waals surface area contributed by atoms with E-state index >= 15 is 0 Å². The van der Waals surface area contributed by atoms with Gasteiger partial charge < -0.3 is 9.84 Å². The van der Waals surface area contributed by atoms with Crippen LogP contribution in [0.5, 0.6) is 5.75 Å². The van der Waals surface area contributed by atoms with Crippen LogP contribution in [-0.2, 0) is 4.79 Å². The highest BCUT2D eigenvalue weighted by molar-refractivity contribution is 5.76. The lowest BCUT2D eigenvalue weighted by Gasteiger charge is -2.12. The largest absolute Gasteiger partial charge is 0.494 e. The van der Waals surface area contributed by atoms with Gasteiger partial charge >= 0.3 is 5.97 Å². The number of methoxy groups -OCH3 is 1. The zero-order valence-electron chi connectivity index (χ0n) is 8.66. The van der Waals surface area contributed by atoms with Crippen LogP contribution in [0.1, 0.15) is 24.8 Å². The van der Waals surface area contributed by atoms with Crippen molar-refractivity contribution in [3.63, 3.8) is 0 Å². The van der Waals surface area contributed by atoms with E-state index in [9.17, 15) is 9.18 Å². The number of carboxylic acids is 1. The van der Waals surface area contributed by atoms with Crippen LogP contribution in [0.3, 0.4) is 0 Å². The van der Waals surface area contributed by atoms with Gasteiger partial charge in [-0.2, -0.15) is 0 Å². The van der Waals surface area contributed by atoms with E-state index in [-0.39, 0.29) is 11.3 Å². The van der Waals surface area contributed by atoms with Crippen molar-refractivity contribution >= 4 is 5.97 Å². The van der Waals surface area contributed by atoms with E-state index in [1.165, 1.54) is 19.2 Å². The monoisotopic (exact) mass is 212 g/mol. The fourth-order valence-corrected chi connectivity index (χ4v) is 1.48. The molecule has 0 aliphatic rings. The quantitative estimate of drug-likeness (QED) is 0.833. The molecule has 1 unspecified atom stereocenters. The van der Waals surface area contributed by atoms with Crippen molar-refractivity contribution in [2.45, 2.75) is 19.3 Å². The molecule has 1 N–H and O–H groups in total. The van der Waals surface area contributed by atoms with Crippen LogP contribution >= 0.6 is 0 Å². The SMILES string of the molecule is CCC(C(=O)O)c1cccc(OC)c1F. The Bertz CT molecular complexity index is 363. The van der Waals surface area contributed by atoms with Crippen molar-refractivity contribution in [3.05, 3.63) is 29.6 Å². The van der Waals surface area contributed by atoms with Gasteiger partial charge in [0.15, 0.2) is 11.6 Å². The smallest absolute Gasteiger partial charge is 0.311 e. The normalized spacial score (nSPS) is 12.2. The van der Waals surface area contributed by atoms with Crippen LogP contribution in [-0.4, -0.2) is 18.2 Å². The average molecular weight is 212 g/mol. The zero-order valence-corrected chi connectivity index (χ0v) is 8.66. The lowest BCUT2D eigenvalue weighted by molar-refractivity contribution is -0.138. The molecule has 4 heteroatoms. The van der Waals surface area contributed by atoms with Crippen molar-refractivity contribution in [1.82, 2.24) is 0 Å². The summed E-state index contributed by atoms with van der Waals surface area (Å²) in [7, 11) is 1.35. The summed E-state index contributed by atoms with van der Waals surface area (Å²) >= 11 is 0. The summed E-state index contributed by atoms with van der Waals surface area (Å²) in [5.41, 5.74) is 0.171. The minimum absolute atomic E-state index is 0.0761. The molecule has 0 heterocycles. The number of rotatable bonds is 4. The summed E-state index contributed by atoms with van der Waals surface area (Å²) in [6.07, 6.45) is 0.347. The third-order valence-electron chi connectivity index (χ3n) is 2.29. The number of aliphatic carboxylic acids is 1. The maximum Gasteiger partial charge on any atom is 0.311 e. The molecule has 0 saturated heterocycles. The molecule has 1 aromatic carbocycles. The Hall–Kier alpha value is -1.58. The highest BCUT2D eigenvalue weighted by Gasteiger charge is 2.22. The summed E-state index contributed by atoms with van der Waals surface area (Å²) in [4.78, 5) is 10.9. The highest BCUT2D eigenvalue weighted by Crippen LogP contribution is 2.28. The topological polar surface area (TPSA) is 46.5 Å². The molecule has 3 nitrogen and oxygen atoms in total. The van der Waals surface area contributed by atoms with E-state index in [0.717, 1.165) is 0 Å². The molecular weight excluding hydrogens is 199 g/mol. The molecule has 0 fully saturated rings. The second-order valence-corrected chi connectivity index (χ2v) is 3.16. The third kappa shape index (κ3) is 2.26. The molecular formula is C11H13FO3. The van der Waals surface area contributed by atoms with E-state index in [4.69, 9.17) is 9.84 Å². The van der Waals surface area contributed by atoms with Gasteiger partial charge in [0.1, 0.15) is 0 Å². The van der Waals surface area contributed by atoms with Crippen molar-refractivity contribution in [1.29, 1.82) is 0 Å². The molecule has 0 bridgehead atoms. The standard InChI is InChI=1S/C11H13FO3/c1-3-7(11(13)14)8-5-4-6-9(15-2)10(8)12/h4-7H,3H2,1-2H3,(H,13,14). The van der Waals surface area contributed by atoms with E-state index in [2.05, 4.69) is 0 Å². The molecule has 0 aliphatic carbocycles. The number of halogens is 1. The van der Waals surface area contributed by atoms with Crippen LogP contribution in [0.4, 0.5) is 4.39 Å². The third-order valence-corrected chi connectivity index (χ3v) is 2.29. The number of ether oxygens (including phenoxy) is 1. The van der Waals surface area contributed by atoms with Gasteiger partial charge in [0.05, 0.1) is 13.0 Å². The Morgan fingerprint density at radius 1 is 1.60 bits per heavy atom. The van der Waals surface area contributed by atoms with Crippen LogP contribution in [0, 0.1) is 5.82 Å². The molecule has 1 aromatic rings. The molecule has 0 saturated carbocycles.